The lowest BCUT2D eigenvalue weighted by Crippen LogP contribution is -2.51. The van der Waals surface area contributed by atoms with Crippen molar-refractivity contribution in [3.8, 4) is 0 Å². The topological polar surface area (TPSA) is 58.6 Å². The minimum Gasteiger partial charge on any atom is -0.444 e. The maximum Gasteiger partial charge on any atom is 0.410 e. The zero-order chi connectivity index (χ0) is 19.4. The summed E-state index contributed by atoms with van der Waals surface area (Å²) in [5.74, 6) is 0. The largest absolute Gasteiger partial charge is 0.444 e. The molecule has 6 nitrogen and oxygen atoms in total. The monoisotopic (exact) mass is 388 g/mol. The molecule has 0 aliphatic carbocycles. The number of ether oxygens (including phenoxy) is 1. The first kappa shape index (κ1) is 19.6. The molecule has 1 aliphatic rings. The first-order valence-corrected chi connectivity index (χ1v) is 9.43. The zero-order valence-corrected chi connectivity index (χ0v) is 16.7. The molecule has 0 spiro atoms. The van der Waals surface area contributed by atoms with Crippen LogP contribution in [-0.2, 0) is 4.74 Å². The average molecular weight is 389 g/mol. The third-order valence-corrected chi connectivity index (χ3v) is 4.67. The van der Waals surface area contributed by atoms with E-state index in [9.17, 15) is 4.79 Å². The fourth-order valence-corrected chi connectivity index (χ4v) is 3.33. The highest BCUT2D eigenvalue weighted by Gasteiger charge is 2.30. The van der Waals surface area contributed by atoms with Crippen molar-refractivity contribution in [2.24, 2.45) is 0 Å². The van der Waals surface area contributed by atoms with E-state index in [0.717, 1.165) is 24.2 Å². The van der Waals surface area contributed by atoms with E-state index >= 15 is 0 Å². The molecule has 1 aromatic carbocycles. The summed E-state index contributed by atoms with van der Waals surface area (Å²) < 4.78 is 5.49. The van der Waals surface area contributed by atoms with Crippen LogP contribution in [0.1, 0.15) is 37.9 Å². The van der Waals surface area contributed by atoms with Gasteiger partial charge in [-0.1, -0.05) is 23.7 Å². The summed E-state index contributed by atoms with van der Waals surface area (Å²) in [6, 6.07) is 7.86. The van der Waals surface area contributed by atoms with Crippen molar-refractivity contribution in [2.75, 3.05) is 26.2 Å². The van der Waals surface area contributed by atoms with Crippen LogP contribution in [0.4, 0.5) is 4.79 Å². The van der Waals surface area contributed by atoms with Crippen molar-refractivity contribution in [2.45, 2.75) is 32.4 Å². The number of halogens is 1. The van der Waals surface area contributed by atoms with Gasteiger partial charge in [-0.15, -0.1) is 0 Å². The van der Waals surface area contributed by atoms with Crippen LogP contribution in [-0.4, -0.2) is 57.6 Å². The van der Waals surface area contributed by atoms with E-state index in [0.29, 0.717) is 18.1 Å². The number of aromatic nitrogens is 2. The molecule has 144 valence electrons. The smallest absolute Gasteiger partial charge is 0.410 e. The van der Waals surface area contributed by atoms with Gasteiger partial charge in [0.25, 0.3) is 0 Å². The normalized spacial score (nSPS) is 16.8. The Labute approximate surface area is 165 Å². The number of hydrogen-bond donors (Lipinski definition) is 0. The summed E-state index contributed by atoms with van der Waals surface area (Å²) in [5.41, 5.74) is 1.66. The Morgan fingerprint density at radius 3 is 2.19 bits per heavy atom. The molecule has 1 aromatic heterocycles. The van der Waals surface area contributed by atoms with E-state index in [1.165, 1.54) is 6.33 Å². The average Bonchev–Trinajstić information content (AvgIpc) is 2.64. The van der Waals surface area contributed by atoms with Gasteiger partial charge in [0.2, 0.25) is 0 Å². The lowest BCUT2D eigenvalue weighted by molar-refractivity contribution is 0.0119. The molecule has 3 rings (SSSR count). The summed E-state index contributed by atoms with van der Waals surface area (Å²) in [7, 11) is 0. The van der Waals surface area contributed by atoms with Gasteiger partial charge in [-0.05, 0) is 38.5 Å². The molecule has 1 atom stereocenters. The van der Waals surface area contributed by atoms with Crippen molar-refractivity contribution in [1.29, 1.82) is 0 Å². The minimum absolute atomic E-state index is 0.0178. The van der Waals surface area contributed by atoms with E-state index in [4.69, 9.17) is 16.3 Å². The molecule has 2 aromatic rings. The molecule has 0 bridgehead atoms. The SMILES string of the molecule is CC(C)(C)OC(=O)N1CCN(C(c2ccc(Cl)cc2)c2cncnc2)CC1. The minimum atomic E-state index is -0.485. The Kier molecular flexibility index (Phi) is 5.97. The number of amides is 1. The second-order valence-electron chi connectivity index (χ2n) is 7.63. The molecular weight excluding hydrogens is 364 g/mol. The summed E-state index contributed by atoms with van der Waals surface area (Å²) in [6.07, 6.45) is 4.95. The Morgan fingerprint density at radius 2 is 1.63 bits per heavy atom. The van der Waals surface area contributed by atoms with Crippen molar-refractivity contribution >= 4 is 17.7 Å². The van der Waals surface area contributed by atoms with Gasteiger partial charge in [-0.25, -0.2) is 14.8 Å². The third kappa shape index (κ3) is 5.17. The van der Waals surface area contributed by atoms with E-state index in [-0.39, 0.29) is 12.1 Å². The molecule has 1 unspecified atom stereocenters. The second kappa shape index (κ2) is 8.23. The number of hydrogen-bond acceptors (Lipinski definition) is 5. The van der Waals surface area contributed by atoms with E-state index in [1.807, 2.05) is 57.4 Å². The highest BCUT2D eigenvalue weighted by molar-refractivity contribution is 6.30. The van der Waals surface area contributed by atoms with Crippen LogP contribution < -0.4 is 0 Å². The highest BCUT2D eigenvalue weighted by Crippen LogP contribution is 2.30. The fraction of sp³-hybridized carbons (Fsp3) is 0.450. The van der Waals surface area contributed by atoms with Gasteiger partial charge in [0.15, 0.2) is 0 Å². The highest BCUT2D eigenvalue weighted by atomic mass is 35.5. The first-order valence-electron chi connectivity index (χ1n) is 9.06. The predicted octanol–water partition coefficient (Wildman–Crippen LogP) is 3.77. The zero-order valence-electron chi connectivity index (χ0n) is 15.9. The molecule has 1 saturated heterocycles. The number of benzene rings is 1. The standard InChI is InChI=1S/C20H25ClN4O2/c1-20(2,3)27-19(26)25-10-8-24(9-11-25)18(16-12-22-14-23-13-16)15-4-6-17(21)7-5-15/h4-7,12-14,18H,8-11H2,1-3H3. The summed E-state index contributed by atoms with van der Waals surface area (Å²) in [5, 5.41) is 0.705. The fourth-order valence-electron chi connectivity index (χ4n) is 3.20. The van der Waals surface area contributed by atoms with Crippen LogP contribution in [0, 0.1) is 0 Å². The molecule has 0 saturated carbocycles. The van der Waals surface area contributed by atoms with Crippen LogP contribution in [0.5, 0.6) is 0 Å². The number of carbonyl (C=O) groups is 1. The summed E-state index contributed by atoms with van der Waals surface area (Å²) in [6.45, 7) is 8.36. The lowest BCUT2D eigenvalue weighted by atomic mass is 9.98. The van der Waals surface area contributed by atoms with Crippen LogP contribution in [0.25, 0.3) is 0 Å². The lowest BCUT2D eigenvalue weighted by Gasteiger charge is -2.39. The molecule has 1 amide bonds. The number of carbonyl (C=O) groups excluding carboxylic acids is 1. The van der Waals surface area contributed by atoms with Crippen LogP contribution in [0.3, 0.4) is 0 Å². The maximum absolute atomic E-state index is 12.3. The molecular formula is C20H25ClN4O2. The predicted molar refractivity (Wildman–Crippen MR) is 105 cm³/mol. The summed E-state index contributed by atoms with van der Waals surface area (Å²) in [4.78, 5) is 24.8. The summed E-state index contributed by atoms with van der Waals surface area (Å²) >= 11 is 6.06. The molecule has 0 radical (unpaired) electrons. The molecule has 1 fully saturated rings. The Bertz CT molecular complexity index is 754. The third-order valence-electron chi connectivity index (χ3n) is 4.41. The Morgan fingerprint density at radius 1 is 1.04 bits per heavy atom. The molecule has 7 heteroatoms. The van der Waals surface area contributed by atoms with Gasteiger partial charge in [0.05, 0.1) is 6.04 Å². The Balaban J connectivity index is 1.75. The van der Waals surface area contributed by atoms with Crippen LogP contribution >= 0.6 is 11.6 Å². The van der Waals surface area contributed by atoms with Crippen molar-refractivity contribution in [3.63, 3.8) is 0 Å². The van der Waals surface area contributed by atoms with Gasteiger partial charge in [-0.2, -0.15) is 0 Å². The Hall–Kier alpha value is -2.18. The van der Waals surface area contributed by atoms with E-state index in [1.54, 1.807) is 4.90 Å². The van der Waals surface area contributed by atoms with Crippen molar-refractivity contribution in [3.05, 3.63) is 59.1 Å². The number of rotatable bonds is 3. The van der Waals surface area contributed by atoms with Gasteiger partial charge >= 0.3 is 6.09 Å². The van der Waals surface area contributed by atoms with Crippen LogP contribution in [0.2, 0.25) is 5.02 Å². The molecule has 27 heavy (non-hydrogen) atoms. The van der Waals surface area contributed by atoms with Gasteiger partial charge in [0.1, 0.15) is 11.9 Å². The van der Waals surface area contributed by atoms with Gasteiger partial charge in [0, 0.05) is 49.2 Å². The van der Waals surface area contributed by atoms with E-state index < -0.39 is 5.60 Å². The second-order valence-corrected chi connectivity index (χ2v) is 8.07. The molecule has 2 heterocycles. The van der Waals surface area contributed by atoms with E-state index in [2.05, 4.69) is 14.9 Å². The molecule has 0 N–H and O–H groups in total. The number of nitrogens with zero attached hydrogens (tertiary/aromatic N) is 4. The van der Waals surface area contributed by atoms with Gasteiger partial charge < -0.3 is 9.64 Å². The first-order chi connectivity index (χ1) is 12.8. The van der Waals surface area contributed by atoms with Crippen molar-refractivity contribution < 1.29 is 9.53 Å². The van der Waals surface area contributed by atoms with Crippen molar-refractivity contribution in [1.82, 2.24) is 19.8 Å². The van der Waals surface area contributed by atoms with Gasteiger partial charge in [-0.3, -0.25) is 4.90 Å². The van der Waals surface area contributed by atoms with Crippen LogP contribution in [0.15, 0.2) is 43.0 Å². The molecule has 1 aliphatic heterocycles. The maximum atomic E-state index is 12.3. The number of piperazine rings is 1. The quantitative estimate of drug-likeness (QED) is 0.801.